The Morgan fingerprint density at radius 3 is 1.33 bits per heavy atom. The van der Waals surface area contributed by atoms with Gasteiger partial charge in [-0.05, 0) is 0 Å². The number of nitrogens with zero attached hydrogens (tertiary/aromatic N) is 2. The second-order valence-corrected chi connectivity index (χ2v) is 2.11. The van der Waals surface area contributed by atoms with Gasteiger partial charge in [-0.15, -0.1) is 0 Å². The molecule has 12 heavy (non-hydrogen) atoms. The molecule has 0 aromatic rings. The molecule has 0 fully saturated rings. The van der Waals surface area contributed by atoms with E-state index in [-0.39, 0.29) is 24.2 Å². The van der Waals surface area contributed by atoms with Gasteiger partial charge in [0.05, 0.1) is 9.85 Å². The van der Waals surface area contributed by atoms with E-state index in [1.54, 1.807) is 0 Å². The highest BCUT2D eigenvalue weighted by atomic mass is 16.6. The first-order chi connectivity index (χ1) is 5.54. The first kappa shape index (κ1) is 10.5. The molecule has 0 saturated heterocycles. The van der Waals surface area contributed by atoms with Gasteiger partial charge in [-0.1, -0.05) is 13.8 Å². The molecule has 0 bridgehead atoms. The molecule has 0 aromatic heterocycles. The van der Waals surface area contributed by atoms with E-state index in [1.165, 1.54) is 13.8 Å². The van der Waals surface area contributed by atoms with E-state index >= 15 is 0 Å². The molecule has 6 nitrogen and oxygen atoms in total. The fourth-order valence-electron chi connectivity index (χ4n) is 0.877. The highest BCUT2D eigenvalue weighted by molar-refractivity contribution is 4.97. The summed E-state index contributed by atoms with van der Waals surface area (Å²) in [6.07, 6.45) is 0.161. The molecule has 0 amide bonds. The fourth-order valence-corrected chi connectivity index (χ4v) is 0.877. The van der Waals surface area contributed by atoms with Gasteiger partial charge in [0.15, 0.2) is 0 Å². The van der Waals surface area contributed by atoms with Gasteiger partial charge in [-0.25, -0.2) is 0 Å². The van der Waals surface area contributed by atoms with Crippen LogP contribution in [0.1, 0.15) is 26.7 Å². The van der Waals surface area contributed by atoms with E-state index in [0.717, 1.165) is 0 Å². The Morgan fingerprint density at radius 1 is 1.00 bits per heavy atom. The third-order valence-corrected chi connectivity index (χ3v) is 1.44. The van der Waals surface area contributed by atoms with E-state index < -0.39 is 9.85 Å². The molecule has 0 spiro atoms. The van der Waals surface area contributed by atoms with E-state index in [2.05, 4.69) is 0 Å². The maximum absolute atomic E-state index is 10.3. The van der Waals surface area contributed by atoms with Gasteiger partial charge in [0.1, 0.15) is 0 Å². The van der Waals surface area contributed by atoms with Crippen LogP contribution in [0.25, 0.3) is 0 Å². The van der Waals surface area contributed by atoms with Crippen LogP contribution in [-0.2, 0) is 0 Å². The molecule has 0 aliphatic carbocycles. The summed E-state index contributed by atoms with van der Waals surface area (Å²) in [5, 5.41) is 20.6. The summed E-state index contributed by atoms with van der Waals surface area (Å²) in [5.74, 6) is 0. The molecule has 68 valence electrons. The van der Waals surface area contributed by atoms with Gasteiger partial charge in [0.2, 0.25) is 0 Å². The lowest BCUT2D eigenvalue weighted by atomic mass is 10.2. The normalized spacial score (nSPS) is 12.2. The van der Waals surface area contributed by atoms with Crippen LogP contribution in [0.5, 0.6) is 0 Å². The number of hydrogen-bond acceptors (Lipinski definition) is 4. The highest BCUT2D eigenvalue weighted by Crippen LogP contribution is 2.12. The topological polar surface area (TPSA) is 86.3 Å². The first-order valence-electron chi connectivity index (χ1n) is 3.55. The van der Waals surface area contributed by atoms with E-state index in [0.29, 0.717) is 0 Å². The van der Waals surface area contributed by atoms with E-state index in [9.17, 15) is 20.2 Å². The zero-order valence-corrected chi connectivity index (χ0v) is 6.94. The molecule has 0 unspecified atom stereocenters. The molecule has 0 radical (unpaired) electrons. The van der Waals surface area contributed by atoms with Crippen LogP contribution in [0, 0.1) is 20.2 Å². The van der Waals surface area contributed by atoms with Crippen molar-refractivity contribution in [1.82, 2.24) is 0 Å². The molecule has 0 heterocycles. The molecule has 6 heteroatoms. The summed E-state index contributed by atoms with van der Waals surface area (Å²) in [5.41, 5.74) is -0.606. The van der Waals surface area contributed by atoms with Crippen LogP contribution < -0.4 is 0 Å². The summed E-state index contributed by atoms with van der Waals surface area (Å²) < 4.78 is 0. The zero-order chi connectivity index (χ0) is 9.72. The largest absolute Gasteiger partial charge is 0.317 e. The Bertz CT molecular complexity index is 210. The van der Waals surface area contributed by atoms with Gasteiger partial charge in [-0.3, -0.25) is 20.2 Å². The van der Waals surface area contributed by atoms with Gasteiger partial charge >= 0.3 is 11.4 Å². The molecular weight excluding hydrogens is 164 g/mol. The highest BCUT2D eigenvalue weighted by Gasteiger charge is 2.24. The van der Waals surface area contributed by atoms with Crippen molar-refractivity contribution in [1.29, 1.82) is 0 Å². The lowest BCUT2D eigenvalue weighted by Gasteiger charge is -1.95. The molecule has 0 aliphatic heterocycles. The van der Waals surface area contributed by atoms with Crippen LogP contribution in [0.15, 0.2) is 11.4 Å². The Balaban J connectivity index is 5.01. The number of rotatable bonds is 4. The second kappa shape index (κ2) is 4.42. The van der Waals surface area contributed by atoms with Gasteiger partial charge in [0, 0.05) is 12.8 Å². The average Bonchev–Trinajstić information content (AvgIpc) is 1.98. The quantitative estimate of drug-likeness (QED) is 0.478. The van der Waals surface area contributed by atoms with Crippen LogP contribution in [0.2, 0.25) is 0 Å². The molecule has 0 aromatic carbocycles. The van der Waals surface area contributed by atoms with Crippen molar-refractivity contribution in [2.75, 3.05) is 0 Å². The zero-order valence-electron chi connectivity index (χ0n) is 6.94. The predicted octanol–water partition coefficient (Wildman–Crippen LogP) is 1.57. The van der Waals surface area contributed by atoms with Crippen molar-refractivity contribution in [3.63, 3.8) is 0 Å². The smallest absolute Gasteiger partial charge is 0.258 e. The first-order valence-corrected chi connectivity index (χ1v) is 3.55. The lowest BCUT2D eigenvalue weighted by Crippen LogP contribution is -2.08. The molecule has 0 rings (SSSR count). The number of nitro groups is 2. The van der Waals surface area contributed by atoms with Crippen LogP contribution in [0.3, 0.4) is 0 Å². The van der Waals surface area contributed by atoms with Crippen molar-refractivity contribution in [2.45, 2.75) is 26.7 Å². The van der Waals surface area contributed by atoms with Crippen molar-refractivity contribution < 1.29 is 9.85 Å². The molecular formula is C6H10N2O4. The minimum atomic E-state index is -0.693. The van der Waals surface area contributed by atoms with Crippen molar-refractivity contribution in [3.8, 4) is 0 Å². The standard InChI is InChI=1S/C6H10N2O4/c1-3-5(7(9)10)6(4-2)8(11)12/h3-4H2,1-2H3/b6-5+. The molecule has 0 saturated carbocycles. The average molecular weight is 174 g/mol. The summed E-state index contributed by atoms with van der Waals surface area (Å²) in [6.45, 7) is 3.05. The molecule has 0 N–H and O–H groups in total. The van der Waals surface area contributed by atoms with Crippen molar-refractivity contribution in [3.05, 3.63) is 31.6 Å². The Morgan fingerprint density at radius 2 is 1.25 bits per heavy atom. The van der Waals surface area contributed by atoms with Crippen molar-refractivity contribution in [2.24, 2.45) is 0 Å². The van der Waals surface area contributed by atoms with E-state index in [1.807, 2.05) is 0 Å². The molecule has 0 atom stereocenters. The maximum Gasteiger partial charge on any atom is 0.317 e. The summed E-state index contributed by atoms with van der Waals surface area (Å²) in [6, 6.07) is 0. The monoisotopic (exact) mass is 174 g/mol. The third-order valence-electron chi connectivity index (χ3n) is 1.44. The minimum absolute atomic E-state index is 0.0805. The maximum atomic E-state index is 10.3. The van der Waals surface area contributed by atoms with E-state index in [4.69, 9.17) is 0 Å². The van der Waals surface area contributed by atoms with Gasteiger partial charge in [-0.2, -0.15) is 0 Å². The fraction of sp³-hybridized carbons (Fsp3) is 0.667. The number of hydrogen-bond donors (Lipinski definition) is 0. The summed E-state index contributed by atoms with van der Waals surface area (Å²) >= 11 is 0. The Labute approximate surface area is 69.2 Å². The third kappa shape index (κ3) is 2.30. The predicted molar refractivity (Wildman–Crippen MR) is 41.6 cm³/mol. The summed E-state index contributed by atoms with van der Waals surface area (Å²) in [4.78, 5) is 19.2. The van der Waals surface area contributed by atoms with Crippen LogP contribution in [-0.4, -0.2) is 9.85 Å². The van der Waals surface area contributed by atoms with Crippen LogP contribution >= 0.6 is 0 Å². The lowest BCUT2D eigenvalue weighted by molar-refractivity contribution is -0.474. The minimum Gasteiger partial charge on any atom is -0.258 e. The van der Waals surface area contributed by atoms with Gasteiger partial charge < -0.3 is 0 Å². The van der Waals surface area contributed by atoms with Crippen molar-refractivity contribution >= 4 is 0 Å². The number of allylic oxidation sites excluding steroid dienone is 2. The Kier molecular flexibility index (Phi) is 3.89. The second-order valence-electron chi connectivity index (χ2n) is 2.11. The SMILES string of the molecule is CC/C(=C(/CC)[N+](=O)[O-])[N+](=O)[O-]. The van der Waals surface area contributed by atoms with Crippen LogP contribution in [0.4, 0.5) is 0 Å². The molecule has 0 aliphatic rings. The van der Waals surface area contributed by atoms with Gasteiger partial charge in [0.25, 0.3) is 0 Å². The summed E-state index contributed by atoms with van der Waals surface area (Å²) in [7, 11) is 0. The Hall–Kier alpha value is -1.46.